The maximum atomic E-state index is 14.1. The number of pyridine rings is 1. The second-order valence-corrected chi connectivity index (χ2v) is 11.0. The molecule has 3 rings (SSSR count). The smallest absolute Gasteiger partial charge is 0.193 e. The Labute approximate surface area is 224 Å². The van der Waals surface area contributed by atoms with Gasteiger partial charge in [-0.1, -0.05) is 67.7 Å². The van der Waals surface area contributed by atoms with Crippen molar-refractivity contribution in [1.29, 1.82) is 0 Å². The maximum absolute atomic E-state index is 14.1. The van der Waals surface area contributed by atoms with Crippen LogP contribution in [0.3, 0.4) is 0 Å². The molecule has 4 nitrogen and oxygen atoms in total. The van der Waals surface area contributed by atoms with Gasteiger partial charge in [0.25, 0.3) is 0 Å². The van der Waals surface area contributed by atoms with Crippen LogP contribution in [0.25, 0.3) is 5.57 Å². The number of hydrogen-bond acceptors (Lipinski definition) is 2. The number of allylic oxidation sites excluding steroid dienone is 7. The van der Waals surface area contributed by atoms with Gasteiger partial charge < -0.3 is 10.3 Å². The van der Waals surface area contributed by atoms with Crippen molar-refractivity contribution in [2.24, 2.45) is 28.0 Å². The Morgan fingerprint density at radius 2 is 1.86 bits per heavy atom. The van der Waals surface area contributed by atoms with Crippen LogP contribution in [0.4, 0.5) is 4.39 Å². The molecule has 0 saturated heterocycles. The molecule has 204 valence electrons. The first kappa shape index (κ1) is 32.1. The molecule has 0 aromatic carbocycles. The highest BCUT2D eigenvalue weighted by atomic mass is 19.1. The number of nitrogens with zero attached hydrogens (tertiary/aromatic N) is 2. The Kier molecular flexibility index (Phi) is 12.7. The molecule has 5 heteroatoms. The lowest BCUT2D eigenvalue weighted by molar-refractivity contribution is 0.469. The van der Waals surface area contributed by atoms with E-state index in [4.69, 9.17) is 5.73 Å². The van der Waals surface area contributed by atoms with Crippen LogP contribution in [0, 0.1) is 17.3 Å². The van der Waals surface area contributed by atoms with E-state index in [1.54, 1.807) is 18.3 Å². The predicted octanol–water partition coefficient (Wildman–Crippen LogP) is 8.35. The first-order valence-corrected chi connectivity index (χ1v) is 13.5. The molecule has 1 fully saturated rings. The van der Waals surface area contributed by atoms with Crippen LogP contribution in [0.5, 0.6) is 0 Å². The maximum Gasteiger partial charge on any atom is 0.193 e. The summed E-state index contributed by atoms with van der Waals surface area (Å²) in [6, 6.07) is 1.62. The van der Waals surface area contributed by atoms with E-state index in [1.165, 1.54) is 12.3 Å². The van der Waals surface area contributed by atoms with Gasteiger partial charge >= 0.3 is 0 Å². The molecule has 2 N–H and O–H groups in total. The van der Waals surface area contributed by atoms with Crippen LogP contribution in [0.2, 0.25) is 0 Å². The van der Waals surface area contributed by atoms with Gasteiger partial charge in [-0.25, -0.2) is 9.38 Å². The number of aliphatic imine (C=N–C) groups is 1. The number of hydrogen-bond donors (Lipinski definition) is 1. The minimum absolute atomic E-state index is 0.0830. The average molecular weight is 510 g/mol. The first-order chi connectivity index (χ1) is 17.4. The van der Waals surface area contributed by atoms with Crippen molar-refractivity contribution in [2.45, 2.75) is 87.6 Å². The molecular weight excluding hydrogens is 461 g/mol. The Morgan fingerprint density at radius 3 is 2.35 bits per heavy atom. The topological polar surface area (TPSA) is 60.4 Å². The minimum atomic E-state index is -0.227. The Hall–Kier alpha value is -2.95. The number of aromatic nitrogens is 1. The van der Waals surface area contributed by atoms with E-state index in [0.29, 0.717) is 16.9 Å². The molecule has 2 aliphatic carbocycles. The van der Waals surface area contributed by atoms with Gasteiger partial charge in [-0.15, -0.1) is 0 Å². The average Bonchev–Trinajstić information content (AvgIpc) is 3.66. The molecule has 1 atom stereocenters. The summed E-state index contributed by atoms with van der Waals surface area (Å²) in [5, 5.41) is 0. The molecule has 0 aliphatic heterocycles. The number of amidine groups is 1. The summed E-state index contributed by atoms with van der Waals surface area (Å²) in [5.74, 6) is 0.284. The SMILES string of the molecule is C=CN=C(N)c1cn(CCC)c(/C(C)=C(/C(=C)C2CC2)C2C=C(F)C=CC2)cc1=O.CC.CC(C)(C)C. The number of aryl methyl sites for hydroxylation is 1. The summed E-state index contributed by atoms with van der Waals surface area (Å²) in [7, 11) is 0. The van der Waals surface area contributed by atoms with E-state index in [2.05, 4.69) is 52.8 Å². The zero-order valence-electron chi connectivity index (χ0n) is 24.3. The largest absolute Gasteiger partial charge is 0.383 e. The van der Waals surface area contributed by atoms with Crippen LogP contribution in [-0.4, -0.2) is 10.4 Å². The zero-order valence-corrected chi connectivity index (χ0v) is 24.3. The zero-order chi connectivity index (χ0) is 28.3. The Morgan fingerprint density at radius 1 is 1.27 bits per heavy atom. The predicted molar refractivity (Wildman–Crippen MR) is 159 cm³/mol. The standard InChI is InChI=1S/C25H30FN3O.C5H12.C2H6/c1-5-12-29-15-21(25(27)28-6-2)23(30)14-22(29)17(4)24(16(3)18-10-11-18)19-8-7-9-20(26)13-19;1-5(2,3)4;1-2/h6-7,9,13-15,18-19H,2-3,5,8,10-12H2,1,4H3,(H2,27,28);1-4H3;1-2H3/b24-17-;;. The van der Waals surface area contributed by atoms with Gasteiger partial charge in [0, 0.05) is 36.6 Å². The molecule has 1 saturated carbocycles. The first-order valence-electron chi connectivity index (χ1n) is 13.5. The Bertz CT molecular complexity index is 1120. The molecule has 37 heavy (non-hydrogen) atoms. The van der Waals surface area contributed by atoms with E-state index in [-0.39, 0.29) is 23.0 Å². The second kappa shape index (κ2) is 14.7. The molecule has 0 bridgehead atoms. The van der Waals surface area contributed by atoms with Gasteiger partial charge in [-0.2, -0.15) is 0 Å². The molecule has 0 radical (unpaired) electrons. The van der Waals surface area contributed by atoms with Crippen molar-refractivity contribution in [2.75, 3.05) is 0 Å². The van der Waals surface area contributed by atoms with E-state index in [9.17, 15) is 9.18 Å². The van der Waals surface area contributed by atoms with Crippen molar-refractivity contribution in [3.8, 4) is 0 Å². The van der Waals surface area contributed by atoms with Crippen molar-refractivity contribution in [1.82, 2.24) is 4.57 Å². The van der Waals surface area contributed by atoms with Crippen molar-refractivity contribution in [3.05, 3.63) is 88.3 Å². The van der Waals surface area contributed by atoms with E-state index < -0.39 is 0 Å². The van der Waals surface area contributed by atoms with Gasteiger partial charge in [0.2, 0.25) is 0 Å². The fourth-order valence-corrected chi connectivity index (χ4v) is 4.07. The summed E-state index contributed by atoms with van der Waals surface area (Å²) in [4.78, 5) is 16.8. The highest BCUT2D eigenvalue weighted by Gasteiger charge is 2.31. The van der Waals surface area contributed by atoms with E-state index >= 15 is 0 Å². The van der Waals surface area contributed by atoms with Crippen molar-refractivity contribution in [3.63, 3.8) is 0 Å². The molecule has 1 aromatic rings. The van der Waals surface area contributed by atoms with Crippen molar-refractivity contribution < 1.29 is 4.39 Å². The fourth-order valence-electron chi connectivity index (χ4n) is 4.07. The quantitative estimate of drug-likeness (QED) is 0.217. The molecule has 0 amide bonds. The summed E-state index contributed by atoms with van der Waals surface area (Å²) in [6.45, 7) is 25.5. The summed E-state index contributed by atoms with van der Waals surface area (Å²) in [5.41, 5.74) is 10.5. The third-order valence-electron chi connectivity index (χ3n) is 5.70. The van der Waals surface area contributed by atoms with Crippen LogP contribution >= 0.6 is 0 Å². The summed E-state index contributed by atoms with van der Waals surface area (Å²) in [6.07, 6.45) is 12.0. The normalized spacial score (nSPS) is 17.9. The molecule has 1 heterocycles. The lowest BCUT2D eigenvalue weighted by atomic mass is 9.82. The number of rotatable bonds is 8. The van der Waals surface area contributed by atoms with Crippen LogP contribution in [-0.2, 0) is 6.54 Å². The van der Waals surface area contributed by atoms with Gasteiger partial charge in [0.15, 0.2) is 5.43 Å². The van der Waals surface area contributed by atoms with Gasteiger partial charge in [-0.05, 0) is 72.8 Å². The van der Waals surface area contributed by atoms with E-state index in [1.807, 2.05) is 31.4 Å². The van der Waals surface area contributed by atoms with Crippen molar-refractivity contribution >= 4 is 11.4 Å². The lowest BCUT2D eigenvalue weighted by Crippen LogP contribution is -2.25. The van der Waals surface area contributed by atoms with Gasteiger partial charge in [0.1, 0.15) is 11.7 Å². The van der Waals surface area contributed by atoms with Crippen LogP contribution < -0.4 is 11.2 Å². The Balaban J connectivity index is 0.000000874. The van der Waals surface area contributed by atoms with Gasteiger partial charge in [0.05, 0.1) is 5.56 Å². The van der Waals surface area contributed by atoms with Gasteiger partial charge in [-0.3, -0.25) is 4.79 Å². The monoisotopic (exact) mass is 509 g/mol. The lowest BCUT2D eigenvalue weighted by Gasteiger charge is -2.25. The minimum Gasteiger partial charge on any atom is -0.383 e. The second-order valence-electron chi connectivity index (χ2n) is 11.0. The molecule has 1 aromatic heterocycles. The highest BCUT2D eigenvalue weighted by Crippen LogP contribution is 2.45. The fraction of sp³-hybridized carbons (Fsp3) is 0.500. The number of nitrogens with two attached hydrogens (primary N) is 1. The molecular formula is C32H48FN3O. The molecule has 1 unspecified atom stereocenters. The third-order valence-corrected chi connectivity index (χ3v) is 5.70. The third kappa shape index (κ3) is 10.1. The highest BCUT2D eigenvalue weighted by molar-refractivity contribution is 5.97. The molecule has 2 aliphatic rings. The van der Waals surface area contributed by atoms with Crippen LogP contribution in [0.15, 0.2) is 76.6 Å². The van der Waals surface area contributed by atoms with Crippen LogP contribution in [0.1, 0.15) is 92.3 Å². The molecule has 0 spiro atoms. The summed E-state index contributed by atoms with van der Waals surface area (Å²) >= 11 is 0. The summed E-state index contributed by atoms with van der Waals surface area (Å²) < 4.78 is 16.1. The number of halogens is 1. The van der Waals surface area contributed by atoms with E-state index in [0.717, 1.165) is 54.6 Å².